The molecule has 0 saturated carbocycles. The molecular formula is C30H40N12O6S2. The number of aromatic hydroxyl groups is 2. The predicted octanol–water partition coefficient (Wildman–Crippen LogP) is 4.16. The van der Waals surface area contributed by atoms with Gasteiger partial charge in [0.15, 0.2) is 0 Å². The summed E-state index contributed by atoms with van der Waals surface area (Å²) in [5, 5.41) is 45.2. The summed E-state index contributed by atoms with van der Waals surface area (Å²) in [5.74, 6) is -0.790. The zero-order chi connectivity index (χ0) is 36.5. The van der Waals surface area contributed by atoms with E-state index in [0.717, 1.165) is 23.6 Å². The third-order valence-electron chi connectivity index (χ3n) is 7.47. The zero-order valence-corrected chi connectivity index (χ0v) is 29.2. The molecule has 0 spiro atoms. The van der Waals surface area contributed by atoms with Gasteiger partial charge in [-0.1, -0.05) is 10.2 Å². The second-order valence-corrected chi connectivity index (χ2v) is 12.8. The third kappa shape index (κ3) is 10.9. The van der Waals surface area contributed by atoms with Crippen LogP contribution in [0.2, 0.25) is 0 Å². The van der Waals surface area contributed by atoms with Gasteiger partial charge in [0.1, 0.15) is 11.5 Å². The van der Waals surface area contributed by atoms with Crippen LogP contribution in [-0.2, 0) is 0 Å². The van der Waals surface area contributed by atoms with Gasteiger partial charge >= 0.3 is 12.1 Å². The number of thioether (sulfide) groups is 2. The van der Waals surface area contributed by atoms with Crippen LogP contribution in [0, 0.1) is 0 Å². The average Bonchev–Trinajstić information content (AvgIpc) is 3.10. The summed E-state index contributed by atoms with van der Waals surface area (Å²) in [6.07, 6.45) is 5.08. The van der Waals surface area contributed by atoms with E-state index in [1.165, 1.54) is 0 Å². The maximum absolute atomic E-state index is 13.8. The van der Waals surface area contributed by atoms with Crippen molar-refractivity contribution in [2.24, 2.45) is 10.2 Å². The molecule has 2 atom stereocenters. The molecule has 0 fully saturated rings. The van der Waals surface area contributed by atoms with E-state index in [9.17, 15) is 29.4 Å². The number of azide groups is 2. The van der Waals surface area contributed by atoms with E-state index in [1.807, 2.05) is 12.5 Å². The normalized spacial score (nSPS) is 12.6. The van der Waals surface area contributed by atoms with Crippen LogP contribution in [-0.4, -0.2) is 109 Å². The van der Waals surface area contributed by atoms with Gasteiger partial charge in [0.2, 0.25) is 11.6 Å². The molecule has 3 rings (SSSR count). The number of nitrogens with one attached hydrogen (secondary N) is 6. The number of hydrogen-bond donors (Lipinski definition) is 8. The van der Waals surface area contributed by atoms with Crippen LogP contribution in [0.4, 0.5) is 21.0 Å². The molecule has 0 heterocycles. The van der Waals surface area contributed by atoms with E-state index < -0.39 is 35.1 Å². The number of anilines is 2. The van der Waals surface area contributed by atoms with Crippen molar-refractivity contribution in [1.82, 2.24) is 21.3 Å². The van der Waals surface area contributed by atoms with Gasteiger partial charge in [-0.25, -0.2) is 9.59 Å². The van der Waals surface area contributed by atoms with Crippen molar-refractivity contribution in [2.75, 3.05) is 73.9 Å². The lowest BCUT2D eigenvalue weighted by Crippen LogP contribution is -2.45. The first kappa shape index (κ1) is 39.3. The van der Waals surface area contributed by atoms with Crippen molar-refractivity contribution in [3.63, 3.8) is 0 Å². The third-order valence-corrected chi connectivity index (χ3v) is 8.76. The minimum Gasteiger partial charge on any atom is -0.507 e. The molecule has 18 nitrogen and oxygen atoms in total. The maximum atomic E-state index is 13.8. The van der Waals surface area contributed by atoms with Crippen molar-refractivity contribution in [3.05, 3.63) is 67.4 Å². The van der Waals surface area contributed by atoms with E-state index in [4.69, 9.17) is 11.1 Å². The smallest absolute Gasteiger partial charge is 0.315 e. The summed E-state index contributed by atoms with van der Waals surface area (Å²) < 4.78 is 0. The molecular weight excluding hydrogens is 689 g/mol. The number of phenolic OH excluding ortho intramolecular Hbond substituents is 2. The Morgan fingerprint density at radius 1 is 0.700 bits per heavy atom. The Bertz CT molecular complexity index is 1530. The summed E-state index contributed by atoms with van der Waals surface area (Å²) in [5.41, 5.74) is 17.1. The number of fused-ring (bicyclic) bond motifs is 2. The van der Waals surface area contributed by atoms with Crippen molar-refractivity contribution in [2.45, 2.75) is 24.9 Å². The number of urea groups is 2. The van der Waals surface area contributed by atoms with E-state index in [0.29, 0.717) is 12.8 Å². The van der Waals surface area contributed by atoms with Gasteiger partial charge in [-0.05, 0) is 72.2 Å². The van der Waals surface area contributed by atoms with Crippen molar-refractivity contribution < 1.29 is 29.4 Å². The molecule has 2 aromatic carbocycles. The van der Waals surface area contributed by atoms with Crippen LogP contribution in [0.1, 0.15) is 44.7 Å². The SMILES string of the molecule is CSCC[C@@H](CN=[N+]=[N-])NC(=O)NCCNc1ccc(NCCNC(=O)N[C@@H](CCSC)CN=[N+]=[N-])c2c1C(=O)c1c(O)ccc(O)c1C2=O. The molecule has 0 saturated heterocycles. The van der Waals surface area contributed by atoms with Gasteiger partial charge in [0.05, 0.1) is 22.3 Å². The zero-order valence-electron chi connectivity index (χ0n) is 27.6. The lowest BCUT2D eigenvalue weighted by Gasteiger charge is -2.25. The number of benzene rings is 2. The van der Waals surface area contributed by atoms with Crippen molar-refractivity contribution in [3.8, 4) is 11.5 Å². The van der Waals surface area contributed by atoms with E-state index in [2.05, 4.69) is 52.0 Å². The summed E-state index contributed by atoms with van der Waals surface area (Å²) in [7, 11) is 0. The molecule has 268 valence electrons. The topological polar surface area (TPSA) is 278 Å². The summed E-state index contributed by atoms with van der Waals surface area (Å²) in [4.78, 5) is 58.1. The Morgan fingerprint density at radius 2 is 1.10 bits per heavy atom. The molecule has 0 aliphatic heterocycles. The first-order chi connectivity index (χ1) is 24.2. The quantitative estimate of drug-likeness (QED) is 0.0270. The highest BCUT2D eigenvalue weighted by Gasteiger charge is 2.38. The van der Waals surface area contributed by atoms with E-state index >= 15 is 0 Å². The first-order valence-electron chi connectivity index (χ1n) is 15.5. The van der Waals surface area contributed by atoms with Gasteiger partial charge < -0.3 is 42.1 Å². The molecule has 0 unspecified atom stereocenters. The Morgan fingerprint density at radius 3 is 1.46 bits per heavy atom. The van der Waals surface area contributed by atoms with Gasteiger partial charge in [0, 0.05) is 72.6 Å². The molecule has 4 amide bonds. The van der Waals surface area contributed by atoms with E-state index in [1.54, 1.807) is 35.7 Å². The maximum Gasteiger partial charge on any atom is 0.315 e. The number of ketones is 2. The van der Waals surface area contributed by atoms with Crippen molar-refractivity contribution >= 4 is 58.5 Å². The lowest BCUT2D eigenvalue weighted by atomic mass is 9.81. The molecule has 0 aromatic heterocycles. The highest BCUT2D eigenvalue weighted by Crippen LogP contribution is 2.42. The minimum atomic E-state index is -0.691. The number of nitrogens with zero attached hydrogens (tertiary/aromatic N) is 6. The number of carbonyl (C=O) groups is 4. The molecule has 2 aromatic rings. The van der Waals surface area contributed by atoms with E-state index in [-0.39, 0.29) is 85.0 Å². The second-order valence-electron chi connectivity index (χ2n) is 10.9. The molecule has 1 aliphatic rings. The number of hydrogen-bond acceptors (Lipinski definition) is 12. The first-order valence-corrected chi connectivity index (χ1v) is 18.3. The highest BCUT2D eigenvalue weighted by molar-refractivity contribution is 7.98. The largest absolute Gasteiger partial charge is 0.507 e. The Labute approximate surface area is 296 Å². The Kier molecular flexibility index (Phi) is 16.0. The molecule has 0 bridgehead atoms. The average molecular weight is 729 g/mol. The minimum absolute atomic E-state index is 0.0373. The molecule has 20 heteroatoms. The number of rotatable bonds is 20. The van der Waals surface area contributed by atoms with Crippen LogP contribution in [0.25, 0.3) is 20.9 Å². The number of phenols is 2. The fraction of sp³-hybridized carbons (Fsp3) is 0.467. The van der Waals surface area contributed by atoms with Gasteiger partial charge in [-0.2, -0.15) is 23.5 Å². The molecule has 8 N–H and O–H groups in total. The van der Waals surface area contributed by atoms with Gasteiger partial charge in [0.25, 0.3) is 0 Å². The predicted molar refractivity (Wildman–Crippen MR) is 195 cm³/mol. The summed E-state index contributed by atoms with van der Waals surface area (Å²) >= 11 is 3.20. The van der Waals surface area contributed by atoms with Crippen LogP contribution in [0.5, 0.6) is 11.5 Å². The van der Waals surface area contributed by atoms with Gasteiger partial charge in [-0.15, -0.1) is 0 Å². The molecule has 1 aliphatic carbocycles. The Hall–Kier alpha value is -5.16. The van der Waals surface area contributed by atoms with Crippen LogP contribution >= 0.6 is 23.5 Å². The Balaban J connectivity index is 1.73. The highest BCUT2D eigenvalue weighted by atomic mass is 32.2. The van der Waals surface area contributed by atoms with Crippen LogP contribution in [0.3, 0.4) is 0 Å². The fourth-order valence-corrected chi connectivity index (χ4v) is 6.13. The van der Waals surface area contributed by atoms with Crippen LogP contribution < -0.4 is 31.9 Å². The monoisotopic (exact) mass is 728 g/mol. The fourth-order valence-electron chi connectivity index (χ4n) is 5.09. The van der Waals surface area contributed by atoms with Crippen molar-refractivity contribution in [1.29, 1.82) is 0 Å². The standard InChI is InChI=1S/C30H40N12O6S2/c1-49-13-7-17(15-37-41-31)39-29(47)35-11-9-33-19-3-4-20(34-10-12-36-30(48)40-18(8-14-50-2)16-38-42-32)24-23(19)27(45)25-21(43)5-6-22(44)26(25)28(24)46/h3-6,17-18,33-34,43-44H,7-16H2,1-2H3,(H2,35,39,47)(H2,36,40,48)/t17-,18-/m0/s1. The molecule has 50 heavy (non-hydrogen) atoms. The lowest BCUT2D eigenvalue weighted by molar-refractivity contribution is 0.0975. The number of carbonyl (C=O) groups excluding carboxylic acids is 4. The summed E-state index contributed by atoms with van der Waals surface area (Å²) in [6.45, 7) is 0.755. The number of amides is 4. The summed E-state index contributed by atoms with van der Waals surface area (Å²) in [6, 6.07) is 3.77. The van der Waals surface area contributed by atoms with Gasteiger partial charge in [-0.3, -0.25) is 9.59 Å². The second kappa shape index (κ2) is 20.4. The molecule has 0 radical (unpaired) electrons. The van der Waals surface area contributed by atoms with Crippen LogP contribution in [0.15, 0.2) is 34.5 Å².